The lowest BCUT2D eigenvalue weighted by molar-refractivity contribution is -0.385. The largest absolute Gasteiger partial charge is 0.476 e. The monoisotopic (exact) mass is 356 g/mol. The topological polar surface area (TPSA) is 90.2 Å². The Morgan fingerprint density at radius 2 is 2.24 bits per heavy atom. The van der Waals surface area contributed by atoms with Crippen molar-refractivity contribution in [3.63, 3.8) is 0 Å². The van der Waals surface area contributed by atoms with Crippen molar-refractivity contribution in [2.75, 3.05) is 12.4 Å². The maximum Gasteiger partial charge on any atom is 0.372 e. The molecule has 9 heteroatoms. The van der Waals surface area contributed by atoms with Gasteiger partial charge in [-0.1, -0.05) is 15.9 Å². The average molecular weight is 357 g/mol. The van der Waals surface area contributed by atoms with Gasteiger partial charge in [-0.15, -0.1) is 0 Å². The summed E-state index contributed by atoms with van der Waals surface area (Å²) in [7, 11) is 1.28. The fourth-order valence-electron chi connectivity index (χ4n) is 1.66. The number of ether oxygens (including phenoxy) is 1. The highest BCUT2D eigenvalue weighted by Crippen LogP contribution is 2.31. The van der Waals surface area contributed by atoms with Gasteiger partial charge in [0.15, 0.2) is 0 Å². The predicted octanol–water partition coefficient (Wildman–Crippen LogP) is 2.91. The third kappa shape index (κ3) is 3.43. The second kappa shape index (κ2) is 6.44. The van der Waals surface area contributed by atoms with E-state index in [0.717, 1.165) is 6.33 Å². The molecule has 21 heavy (non-hydrogen) atoms. The van der Waals surface area contributed by atoms with Gasteiger partial charge in [0, 0.05) is 11.0 Å². The lowest BCUT2D eigenvalue weighted by atomic mass is 10.2. The van der Waals surface area contributed by atoms with Gasteiger partial charge in [-0.05, 0) is 23.8 Å². The van der Waals surface area contributed by atoms with Crippen molar-refractivity contribution < 1.29 is 14.1 Å². The summed E-state index contributed by atoms with van der Waals surface area (Å²) >= 11 is 3.28. The lowest BCUT2D eigenvalue weighted by Gasteiger charge is -2.09. The van der Waals surface area contributed by atoms with Gasteiger partial charge in [-0.2, -0.15) is 4.98 Å². The van der Waals surface area contributed by atoms with E-state index in [9.17, 15) is 14.5 Å². The van der Waals surface area contributed by atoms with Crippen LogP contribution in [0.3, 0.4) is 0 Å². The van der Waals surface area contributed by atoms with E-state index in [1.54, 1.807) is 6.07 Å². The van der Waals surface area contributed by atoms with Gasteiger partial charge in [-0.25, -0.2) is 9.37 Å². The van der Waals surface area contributed by atoms with Gasteiger partial charge < -0.3 is 10.1 Å². The molecule has 0 spiro atoms. The molecule has 1 heterocycles. The fraction of sp³-hybridized carbons (Fsp3) is 0.167. The number of nitrogens with one attached hydrogen (secondary N) is 1. The molecule has 0 aliphatic rings. The van der Waals surface area contributed by atoms with Crippen molar-refractivity contribution in [1.82, 2.24) is 9.97 Å². The van der Waals surface area contributed by atoms with Crippen molar-refractivity contribution in [1.29, 1.82) is 0 Å². The molecule has 2 aromatic rings. The molecule has 0 saturated heterocycles. The number of nitrogens with zero attached hydrogens (tertiary/aromatic N) is 3. The summed E-state index contributed by atoms with van der Waals surface area (Å²) in [5.41, 5.74) is 0.231. The van der Waals surface area contributed by atoms with Gasteiger partial charge in [-0.3, -0.25) is 10.1 Å². The van der Waals surface area contributed by atoms with Crippen molar-refractivity contribution in [2.24, 2.45) is 0 Å². The van der Waals surface area contributed by atoms with Crippen LogP contribution in [0.5, 0.6) is 5.88 Å². The number of hydrogen-bond donors (Lipinski definition) is 1. The Hall–Kier alpha value is -2.29. The Kier molecular flexibility index (Phi) is 4.63. The van der Waals surface area contributed by atoms with Crippen LogP contribution in [0.4, 0.5) is 15.9 Å². The van der Waals surface area contributed by atoms with Gasteiger partial charge in [0.1, 0.15) is 12.1 Å². The molecule has 2 rings (SSSR count). The number of halogens is 2. The van der Waals surface area contributed by atoms with E-state index in [2.05, 4.69) is 31.2 Å². The fourth-order valence-corrected chi connectivity index (χ4v) is 2.05. The van der Waals surface area contributed by atoms with Crippen molar-refractivity contribution >= 4 is 27.4 Å². The zero-order valence-corrected chi connectivity index (χ0v) is 12.4. The lowest BCUT2D eigenvalue weighted by Crippen LogP contribution is -2.07. The standard InChI is InChI=1S/C12H10BrFN4O3/c1-21-12-10(18(19)20)11(16-6-17-12)15-5-7-4-8(14)2-3-9(7)13/h2-4,6H,5H2,1H3,(H,15,16,17). The van der Waals surface area contributed by atoms with Crippen LogP contribution in [0, 0.1) is 15.9 Å². The van der Waals surface area contributed by atoms with Gasteiger partial charge in [0.2, 0.25) is 5.82 Å². The van der Waals surface area contributed by atoms with Crippen molar-refractivity contribution in [2.45, 2.75) is 6.54 Å². The highest BCUT2D eigenvalue weighted by Gasteiger charge is 2.23. The SMILES string of the molecule is COc1ncnc(NCc2cc(F)ccc2Br)c1[N+](=O)[O-]. The predicted molar refractivity (Wildman–Crippen MR) is 76.7 cm³/mol. The molecule has 1 N–H and O–H groups in total. The molecule has 7 nitrogen and oxygen atoms in total. The van der Waals surface area contributed by atoms with E-state index in [1.807, 2.05) is 0 Å². The van der Waals surface area contributed by atoms with Crippen LogP contribution in [0.25, 0.3) is 0 Å². The summed E-state index contributed by atoms with van der Waals surface area (Å²) in [6, 6.07) is 4.19. The summed E-state index contributed by atoms with van der Waals surface area (Å²) in [5, 5.41) is 13.9. The van der Waals surface area contributed by atoms with Crippen molar-refractivity contribution in [3.05, 3.63) is 50.5 Å². The van der Waals surface area contributed by atoms with Crippen LogP contribution in [0.1, 0.15) is 5.56 Å². The molecule has 0 saturated carbocycles. The highest BCUT2D eigenvalue weighted by molar-refractivity contribution is 9.10. The van der Waals surface area contributed by atoms with Crippen LogP contribution in [0.2, 0.25) is 0 Å². The summed E-state index contributed by atoms with van der Waals surface area (Å²) in [6.45, 7) is 0.152. The van der Waals surface area contributed by atoms with Crippen LogP contribution < -0.4 is 10.1 Å². The third-order valence-corrected chi connectivity index (χ3v) is 3.39. The third-order valence-electron chi connectivity index (χ3n) is 2.62. The number of methoxy groups -OCH3 is 1. The molecule has 0 amide bonds. The Morgan fingerprint density at radius 3 is 2.90 bits per heavy atom. The number of aromatic nitrogens is 2. The molecule has 1 aromatic carbocycles. The second-order valence-corrected chi connectivity index (χ2v) is 4.78. The quantitative estimate of drug-likeness (QED) is 0.654. The minimum atomic E-state index is -0.637. The van der Waals surface area contributed by atoms with Crippen LogP contribution in [0.15, 0.2) is 29.0 Å². The first-order chi connectivity index (χ1) is 10.0. The zero-order valence-electron chi connectivity index (χ0n) is 10.8. The zero-order chi connectivity index (χ0) is 15.4. The second-order valence-electron chi connectivity index (χ2n) is 3.93. The summed E-state index contributed by atoms with van der Waals surface area (Å²) in [6.07, 6.45) is 1.15. The van der Waals surface area contributed by atoms with Gasteiger partial charge in [0.05, 0.1) is 12.0 Å². The maximum absolute atomic E-state index is 13.2. The molecule has 110 valence electrons. The Labute approximate surface area is 127 Å². The van der Waals surface area contributed by atoms with Gasteiger partial charge >= 0.3 is 5.69 Å². The first-order valence-corrected chi connectivity index (χ1v) is 6.53. The molecule has 0 atom stereocenters. The molecular weight excluding hydrogens is 347 g/mol. The minimum absolute atomic E-state index is 0.00279. The molecule has 0 bridgehead atoms. The van der Waals surface area contributed by atoms with E-state index in [4.69, 9.17) is 4.74 Å². The van der Waals surface area contributed by atoms with Gasteiger partial charge in [0.25, 0.3) is 5.88 Å². The molecule has 0 aliphatic heterocycles. The van der Waals surface area contributed by atoms with E-state index >= 15 is 0 Å². The van der Waals surface area contributed by atoms with E-state index in [1.165, 1.54) is 19.2 Å². The van der Waals surface area contributed by atoms with Crippen molar-refractivity contribution in [3.8, 4) is 5.88 Å². The molecular formula is C12H10BrFN4O3. The summed E-state index contributed by atoms with van der Waals surface area (Å²) in [4.78, 5) is 17.9. The van der Waals surface area contributed by atoms with Crippen LogP contribution in [-0.4, -0.2) is 22.0 Å². The minimum Gasteiger partial charge on any atom is -0.476 e. The summed E-state index contributed by atoms with van der Waals surface area (Å²) < 4.78 is 18.7. The highest BCUT2D eigenvalue weighted by atomic mass is 79.9. The number of rotatable bonds is 5. The van der Waals surface area contributed by atoms with E-state index in [-0.39, 0.29) is 23.9 Å². The number of nitro groups is 1. The number of benzene rings is 1. The molecule has 0 fully saturated rings. The number of anilines is 1. The summed E-state index contributed by atoms with van der Waals surface area (Å²) in [5.74, 6) is -0.538. The molecule has 0 aliphatic carbocycles. The Morgan fingerprint density at radius 1 is 1.48 bits per heavy atom. The molecule has 0 radical (unpaired) electrons. The maximum atomic E-state index is 13.2. The van der Waals surface area contributed by atoms with E-state index < -0.39 is 10.7 Å². The normalized spacial score (nSPS) is 10.2. The average Bonchev–Trinajstić information content (AvgIpc) is 2.47. The smallest absolute Gasteiger partial charge is 0.372 e. The first-order valence-electron chi connectivity index (χ1n) is 5.74. The number of hydrogen-bond acceptors (Lipinski definition) is 6. The molecule has 1 aromatic heterocycles. The van der Waals surface area contributed by atoms with Crippen LogP contribution >= 0.6 is 15.9 Å². The Balaban J connectivity index is 2.28. The first kappa shape index (κ1) is 15.1. The molecule has 0 unspecified atom stereocenters. The van der Waals surface area contributed by atoms with Crippen LogP contribution in [-0.2, 0) is 6.54 Å². The Bertz CT molecular complexity index is 684. The van der Waals surface area contributed by atoms with E-state index in [0.29, 0.717) is 10.0 Å².